The molecule has 0 saturated carbocycles. The Balaban J connectivity index is 2.05. The van der Waals surface area contributed by atoms with E-state index in [9.17, 15) is 9.59 Å². The summed E-state index contributed by atoms with van der Waals surface area (Å²) in [7, 11) is 0. The summed E-state index contributed by atoms with van der Waals surface area (Å²) in [6.45, 7) is 8.29. The highest BCUT2D eigenvalue weighted by molar-refractivity contribution is 5.94. The Bertz CT molecular complexity index is 605. The van der Waals surface area contributed by atoms with Crippen LogP contribution in [-0.4, -0.2) is 24.1 Å². The second kappa shape index (κ2) is 7.69. The summed E-state index contributed by atoms with van der Waals surface area (Å²) in [5.74, 6) is 0.0187. The number of unbranched alkanes of at least 4 members (excludes halogenated alkanes) is 2. The summed E-state index contributed by atoms with van der Waals surface area (Å²) in [5.41, 5.74) is 2.14. The van der Waals surface area contributed by atoms with Crippen LogP contribution in [0.3, 0.4) is 0 Å². The average molecular weight is 332 g/mol. The molecule has 24 heavy (non-hydrogen) atoms. The highest BCUT2D eigenvalue weighted by Gasteiger charge is 2.29. The molecular formula is C19H28N2O3. The molecular weight excluding hydrogens is 304 g/mol. The van der Waals surface area contributed by atoms with Crippen LogP contribution < -0.4 is 10.2 Å². The van der Waals surface area contributed by atoms with Gasteiger partial charge in [-0.2, -0.15) is 0 Å². The third-order valence-corrected chi connectivity index (χ3v) is 3.89. The van der Waals surface area contributed by atoms with Gasteiger partial charge in [0.15, 0.2) is 0 Å². The first-order valence-electron chi connectivity index (χ1n) is 8.73. The smallest absolute Gasteiger partial charge is 0.414 e. The molecule has 1 aliphatic rings. The Morgan fingerprint density at radius 2 is 2.00 bits per heavy atom. The van der Waals surface area contributed by atoms with Crippen molar-refractivity contribution in [2.75, 3.05) is 16.8 Å². The van der Waals surface area contributed by atoms with Crippen molar-refractivity contribution in [1.29, 1.82) is 0 Å². The van der Waals surface area contributed by atoms with Crippen LogP contribution in [0.4, 0.5) is 16.2 Å². The molecule has 0 bridgehead atoms. The molecule has 1 heterocycles. The number of benzene rings is 1. The largest absolute Gasteiger partial charge is 0.443 e. The lowest BCUT2D eigenvalue weighted by molar-refractivity contribution is -0.116. The maximum atomic E-state index is 12.3. The second-order valence-electron chi connectivity index (χ2n) is 7.23. The summed E-state index contributed by atoms with van der Waals surface area (Å²) in [6.07, 6.45) is 4.05. The van der Waals surface area contributed by atoms with E-state index in [4.69, 9.17) is 4.74 Å². The maximum Gasteiger partial charge on any atom is 0.414 e. The van der Waals surface area contributed by atoms with Gasteiger partial charge in [0.25, 0.3) is 0 Å². The first-order valence-corrected chi connectivity index (χ1v) is 8.73. The SMILES string of the molecule is CCCCCC(=O)Nc1ccc2c(c1)N(C(=O)OC(C)(C)C)CC2. The van der Waals surface area contributed by atoms with Crippen LogP contribution in [0.2, 0.25) is 0 Å². The minimum atomic E-state index is -0.523. The number of nitrogens with zero attached hydrogens (tertiary/aromatic N) is 1. The average Bonchev–Trinajstić information content (AvgIpc) is 2.89. The summed E-state index contributed by atoms with van der Waals surface area (Å²) in [4.78, 5) is 26.0. The van der Waals surface area contributed by atoms with Gasteiger partial charge in [-0.05, 0) is 51.3 Å². The van der Waals surface area contributed by atoms with E-state index in [-0.39, 0.29) is 12.0 Å². The van der Waals surface area contributed by atoms with Gasteiger partial charge in [-0.3, -0.25) is 9.69 Å². The summed E-state index contributed by atoms with van der Waals surface area (Å²) < 4.78 is 5.46. The lowest BCUT2D eigenvalue weighted by atomic mass is 10.1. The number of hydrogen-bond acceptors (Lipinski definition) is 3. The van der Waals surface area contributed by atoms with Gasteiger partial charge in [-0.1, -0.05) is 25.8 Å². The van der Waals surface area contributed by atoms with Crippen LogP contribution in [0.5, 0.6) is 0 Å². The molecule has 0 spiro atoms. The quantitative estimate of drug-likeness (QED) is 0.808. The maximum absolute atomic E-state index is 12.3. The Kier molecular flexibility index (Phi) is 5.86. The molecule has 132 valence electrons. The van der Waals surface area contributed by atoms with Crippen molar-refractivity contribution in [3.8, 4) is 0 Å². The van der Waals surface area contributed by atoms with E-state index in [1.807, 2.05) is 39.0 Å². The Labute approximate surface area is 144 Å². The molecule has 0 fully saturated rings. The van der Waals surface area contributed by atoms with Crippen molar-refractivity contribution in [3.63, 3.8) is 0 Å². The monoisotopic (exact) mass is 332 g/mol. The van der Waals surface area contributed by atoms with E-state index in [0.29, 0.717) is 13.0 Å². The van der Waals surface area contributed by atoms with E-state index in [1.54, 1.807) is 4.90 Å². The standard InChI is InChI=1S/C19H28N2O3/c1-5-6-7-8-17(22)20-15-10-9-14-11-12-21(16(14)13-15)18(23)24-19(2,3)4/h9-10,13H,5-8,11-12H2,1-4H3,(H,20,22). The normalized spacial score (nSPS) is 13.6. The van der Waals surface area contributed by atoms with E-state index >= 15 is 0 Å². The minimum Gasteiger partial charge on any atom is -0.443 e. The number of hydrogen-bond donors (Lipinski definition) is 1. The van der Waals surface area contributed by atoms with Crippen molar-refractivity contribution in [1.82, 2.24) is 0 Å². The molecule has 0 saturated heterocycles. The summed E-state index contributed by atoms with van der Waals surface area (Å²) in [5, 5.41) is 2.92. The number of anilines is 2. The molecule has 1 N–H and O–H groups in total. The molecule has 1 aliphatic heterocycles. The summed E-state index contributed by atoms with van der Waals surface area (Å²) >= 11 is 0. The van der Waals surface area contributed by atoms with Gasteiger partial charge >= 0.3 is 6.09 Å². The highest BCUT2D eigenvalue weighted by Crippen LogP contribution is 2.32. The lowest BCUT2D eigenvalue weighted by Gasteiger charge is -2.25. The van der Waals surface area contributed by atoms with Gasteiger partial charge in [-0.15, -0.1) is 0 Å². The predicted octanol–water partition coefficient (Wildman–Crippen LogP) is 4.50. The van der Waals surface area contributed by atoms with E-state index in [2.05, 4.69) is 12.2 Å². The zero-order valence-electron chi connectivity index (χ0n) is 15.1. The fraction of sp³-hybridized carbons (Fsp3) is 0.579. The first-order chi connectivity index (χ1) is 11.3. The van der Waals surface area contributed by atoms with E-state index in [0.717, 1.165) is 42.6 Å². The molecule has 1 aromatic carbocycles. The van der Waals surface area contributed by atoms with Crippen LogP contribution in [0, 0.1) is 0 Å². The number of ether oxygens (including phenoxy) is 1. The number of rotatable bonds is 5. The number of nitrogens with one attached hydrogen (secondary N) is 1. The Morgan fingerprint density at radius 3 is 2.67 bits per heavy atom. The molecule has 1 aromatic rings. The third-order valence-electron chi connectivity index (χ3n) is 3.89. The van der Waals surface area contributed by atoms with Crippen molar-refractivity contribution >= 4 is 23.4 Å². The van der Waals surface area contributed by atoms with Crippen molar-refractivity contribution < 1.29 is 14.3 Å². The Morgan fingerprint density at radius 1 is 1.25 bits per heavy atom. The number of carbonyl (C=O) groups is 2. The van der Waals surface area contributed by atoms with Crippen molar-refractivity contribution in [2.24, 2.45) is 0 Å². The van der Waals surface area contributed by atoms with Gasteiger partial charge in [0, 0.05) is 18.7 Å². The summed E-state index contributed by atoms with van der Waals surface area (Å²) in [6, 6.07) is 5.74. The lowest BCUT2D eigenvalue weighted by Crippen LogP contribution is -2.35. The molecule has 2 amide bonds. The molecule has 0 unspecified atom stereocenters. The molecule has 0 atom stereocenters. The molecule has 2 rings (SSSR count). The molecule has 0 radical (unpaired) electrons. The number of fused-ring (bicyclic) bond motifs is 1. The van der Waals surface area contributed by atoms with Crippen molar-refractivity contribution in [2.45, 2.75) is 65.4 Å². The topological polar surface area (TPSA) is 58.6 Å². The van der Waals surface area contributed by atoms with Gasteiger partial charge in [-0.25, -0.2) is 4.79 Å². The zero-order valence-corrected chi connectivity index (χ0v) is 15.1. The molecule has 0 aromatic heterocycles. The van der Waals surface area contributed by atoms with Gasteiger partial charge < -0.3 is 10.1 Å². The predicted molar refractivity (Wildman–Crippen MR) is 96.5 cm³/mol. The van der Waals surface area contributed by atoms with E-state index in [1.165, 1.54) is 0 Å². The fourth-order valence-electron chi connectivity index (χ4n) is 2.72. The number of amides is 2. The fourth-order valence-corrected chi connectivity index (χ4v) is 2.72. The van der Waals surface area contributed by atoms with Gasteiger partial charge in [0.05, 0.1) is 5.69 Å². The molecule has 5 heteroatoms. The minimum absolute atomic E-state index is 0.0187. The number of carbonyl (C=O) groups excluding carboxylic acids is 2. The van der Waals surface area contributed by atoms with Crippen molar-refractivity contribution in [3.05, 3.63) is 23.8 Å². The van der Waals surface area contributed by atoms with Gasteiger partial charge in [0.1, 0.15) is 5.60 Å². The van der Waals surface area contributed by atoms with Crippen LogP contribution in [0.1, 0.15) is 58.9 Å². The highest BCUT2D eigenvalue weighted by atomic mass is 16.6. The Hall–Kier alpha value is -2.04. The van der Waals surface area contributed by atoms with E-state index < -0.39 is 5.60 Å². The van der Waals surface area contributed by atoms with Crippen LogP contribution in [0.25, 0.3) is 0 Å². The zero-order chi connectivity index (χ0) is 17.7. The first kappa shape index (κ1) is 18.3. The third kappa shape index (κ3) is 4.98. The molecule has 0 aliphatic carbocycles. The molecule has 5 nitrogen and oxygen atoms in total. The van der Waals surface area contributed by atoms with Crippen LogP contribution >= 0.6 is 0 Å². The van der Waals surface area contributed by atoms with Crippen LogP contribution in [-0.2, 0) is 16.0 Å². The van der Waals surface area contributed by atoms with Gasteiger partial charge in [0.2, 0.25) is 5.91 Å². The second-order valence-corrected chi connectivity index (χ2v) is 7.23. The van der Waals surface area contributed by atoms with Crippen LogP contribution in [0.15, 0.2) is 18.2 Å².